The number of hydrogen-bond acceptors (Lipinski definition) is 9. The summed E-state index contributed by atoms with van der Waals surface area (Å²) in [4.78, 5) is 26.5. The first kappa shape index (κ1) is 29.7. The molecule has 1 atom stereocenters. The zero-order valence-corrected chi connectivity index (χ0v) is 23.4. The van der Waals surface area contributed by atoms with Crippen LogP contribution >= 0.6 is 0 Å². The third-order valence-electron chi connectivity index (χ3n) is 6.57. The Morgan fingerprint density at radius 3 is 2.56 bits per heavy atom. The zero-order chi connectivity index (χ0) is 29.6. The molecule has 2 N–H and O–H groups in total. The van der Waals surface area contributed by atoms with Crippen LogP contribution in [-0.2, 0) is 14.4 Å². The maximum Gasteiger partial charge on any atom is 0.247 e. The van der Waals surface area contributed by atoms with E-state index in [4.69, 9.17) is 19.0 Å². The van der Waals surface area contributed by atoms with Gasteiger partial charge in [-0.05, 0) is 43.7 Å². The fraction of sp³-hybridized carbons (Fsp3) is 0.345. The molecule has 1 aliphatic heterocycles. The van der Waals surface area contributed by atoms with Crippen LogP contribution in [0.3, 0.4) is 0 Å². The topological polar surface area (TPSA) is 107 Å². The van der Waals surface area contributed by atoms with Crippen molar-refractivity contribution in [1.82, 2.24) is 9.97 Å². The molecule has 0 spiro atoms. The average molecular weight is 570 g/mol. The quantitative estimate of drug-likeness (QED) is 0.265. The molecule has 41 heavy (non-hydrogen) atoms. The molecule has 0 bridgehead atoms. The number of ether oxygens (including phenoxy) is 3. The van der Waals surface area contributed by atoms with E-state index in [1.165, 1.54) is 30.6 Å². The molecule has 2 aromatic carbocycles. The van der Waals surface area contributed by atoms with E-state index >= 15 is 0 Å². The molecule has 1 amide bonds. The number of benzene rings is 2. The number of aromatic nitrogens is 2. The highest BCUT2D eigenvalue weighted by atomic mass is 19.1. The molecule has 218 valence electrons. The minimum Gasteiger partial charge on any atom is -0.494 e. The Labute approximate surface area is 237 Å². The molecule has 1 saturated heterocycles. The van der Waals surface area contributed by atoms with Gasteiger partial charge >= 0.3 is 0 Å². The summed E-state index contributed by atoms with van der Waals surface area (Å²) in [5, 5.41) is 7.44. The Bertz CT molecular complexity index is 1380. The van der Waals surface area contributed by atoms with Gasteiger partial charge in [0.2, 0.25) is 5.91 Å². The van der Waals surface area contributed by atoms with Crippen molar-refractivity contribution >= 4 is 28.9 Å². The van der Waals surface area contributed by atoms with Crippen molar-refractivity contribution < 1.29 is 32.6 Å². The number of hydroxylamine groups is 1. The normalized spacial score (nSPS) is 15.0. The fourth-order valence-corrected chi connectivity index (χ4v) is 4.18. The van der Waals surface area contributed by atoms with Crippen LogP contribution in [0.5, 0.6) is 11.5 Å². The molecular formula is C29H33F2N5O5. The van der Waals surface area contributed by atoms with E-state index < -0.39 is 23.6 Å². The van der Waals surface area contributed by atoms with Gasteiger partial charge in [0.15, 0.2) is 5.82 Å². The number of nitrogens with zero attached hydrogens (tertiary/aromatic N) is 3. The van der Waals surface area contributed by atoms with Crippen molar-refractivity contribution in [3.63, 3.8) is 0 Å². The molecule has 4 rings (SSSR count). The van der Waals surface area contributed by atoms with Crippen LogP contribution in [0.2, 0.25) is 0 Å². The molecule has 2 heterocycles. The number of carbonyl (C=O) groups excluding carboxylic acids is 1. The van der Waals surface area contributed by atoms with Crippen LogP contribution in [0.1, 0.15) is 38.3 Å². The van der Waals surface area contributed by atoms with Gasteiger partial charge in [0.25, 0.3) is 0 Å². The van der Waals surface area contributed by atoms with Crippen LogP contribution in [0.4, 0.5) is 31.8 Å². The van der Waals surface area contributed by atoms with Crippen LogP contribution in [0.15, 0.2) is 55.4 Å². The highest BCUT2D eigenvalue weighted by molar-refractivity contribution is 6.00. The summed E-state index contributed by atoms with van der Waals surface area (Å²) in [7, 11) is 3.14. The zero-order valence-electron chi connectivity index (χ0n) is 23.4. The minimum atomic E-state index is -0.668. The summed E-state index contributed by atoms with van der Waals surface area (Å²) in [6.45, 7) is 8.09. The first-order valence-corrected chi connectivity index (χ1v) is 12.9. The van der Waals surface area contributed by atoms with E-state index in [1.54, 1.807) is 25.3 Å². The van der Waals surface area contributed by atoms with E-state index in [2.05, 4.69) is 27.2 Å². The second kappa shape index (κ2) is 12.9. The summed E-state index contributed by atoms with van der Waals surface area (Å²) in [6, 6.07) is 7.88. The average Bonchev–Trinajstić information content (AvgIpc) is 3.44. The molecular weight excluding hydrogens is 536 g/mol. The van der Waals surface area contributed by atoms with Gasteiger partial charge in [-0.15, -0.1) is 0 Å². The fourth-order valence-electron chi connectivity index (χ4n) is 4.18. The molecule has 0 aliphatic carbocycles. The largest absolute Gasteiger partial charge is 0.494 e. The van der Waals surface area contributed by atoms with Gasteiger partial charge in [-0.1, -0.05) is 6.58 Å². The maximum atomic E-state index is 13.9. The number of halogens is 2. The highest BCUT2D eigenvalue weighted by Crippen LogP contribution is 2.39. The number of carbonyl (C=O) groups is 1. The van der Waals surface area contributed by atoms with Gasteiger partial charge in [0.1, 0.15) is 35.3 Å². The van der Waals surface area contributed by atoms with Gasteiger partial charge in [0.05, 0.1) is 43.3 Å². The summed E-state index contributed by atoms with van der Waals surface area (Å²) in [5.41, 5.74) is 0.912. The van der Waals surface area contributed by atoms with Gasteiger partial charge in [-0.3, -0.25) is 9.63 Å². The number of hydrogen-bond donors (Lipinski definition) is 2. The first-order valence-electron chi connectivity index (χ1n) is 12.9. The molecule has 10 nitrogen and oxygen atoms in total. The molecule has 0 radical (unpaired) electrons. The highest BCUT2D eigenvalue weighted by Gasteiger charge is 2.30. The maximum absolute atomic E-state index is 13.9. The molecule has 12 heteroatoms. The summed E-state index contributed by atoms with van der Waals surface area (Å²) in [5.74, 6) is -0.171. The monoisotopic (exact) mass is 569 g/mol. The number of methoxy groups -OCH3 is 2. The molecule has 1 fully saturated rings. The van der Waals surface area contributed by atoms with Gasteiger partial charge in [-0.2, -0.15) is 0 Å². The second-order valence-corrected chi connectivity index (χ2v) is 9.86. The number of nitrogens with one attached hydrogen (secondary N) is 2. The summed E-state index contributed by atoms with van der Waals surface area (Å²) in [6.07, 6.45) is 3.61. The number of rotatable bonds is 12. The Morgan fingerprint density at radius 1 is 1.12 bits per heavy atom. The van der Waals surface area contributed by atoms with Crippen molar-refractivity contribution in [1.29, 1.82) is 0 Å². The third kappa shape index (κ3) is 7.47. The van der Waals surface area contributed by atoms with Crippen LogP contribution < -0.4 is 25.2 Å². The molecule has 1 aromatic heterocycles. The van der Waals surface area contributed by atoms with Crippen molar-refractivity contribution in [3.8, 4) is 11.5 Å². The Morgan fingerprint density at radius 2 is 1.88 bits per heavy atom. The standard InChI is InChI=1S/C29H33F2N5O5/c1-6-28(37)35-22-14-21(24(38-4)15-25(22)40-10-8-29(2,3)39-5)34-26-16-27(33-17-32-26)36-23(7-9-41-36)18-11-19(30)13-20(31)12-18/h6,11-17,23H,1,7-10H2,2-5H3,(H,35,37)(H,32,33,34)/t23-/m1/s1. The lowest BCUT2D eigenvalue weighted by molar-refractivity contribution is -0.111. The van der Waals surface area contributed by atoms with Crippen LogP contribution in [-0.4, -0.2) is 48.9 Å². The summed E-state index contributed by atoms with van der Waals surface area (Å²) >= 11 is 0. The van der Waals surface area contributed by atoms with Crippen molar-refractivity contribution in [2.24, 2.45) is 0 Å². The van der Waals surface area contributed by atoms with Gasteiger partial charge in [0, 0.05) is 38.2 Å². The second-order valence-electron chi connectivity index (χ2n) is 9.86. The van der Waals surface area contributed by atoms with Crippen molar-refractivity contribution in [3.05, 3.63) is 72.6 Å². The van der Waals surface area contributed by atoms with E-state index in [0.29, 0.717) is 66.1 Å². The Balaban J connectivity index is 1.60. The smallest absolute Gasteiger partial charge is 0.247 e. The SMILES string of the molecule is C=CC(=O)Nc1cc(Nc2cc(N3OCC[C@@H]3c3cc(F)cc(F)c3)ncn2)c(OC)cc1OCCC(C)(C)OC. The molecule has 0 saturated carbocycles. The van der Waals surface area contributed by atoms with Gasteiger partial charge < -0.3 is 24.8 Å². The summed E-state index contributed by atoms with van der Waals surface area (Å²) < 4.78 is 44.8. The predicted octanol–water partition coefficient (Wildman–Crippen LogP) is 5.71. The van der Waals surface area contributed by atoms with Crippen LogP contribution in [0, 0.1) is 11.6 Å². The minimum absolute atomic E-state index is 0.329. The predicted molar refractivity (Wildman–Crippen MR) is 150 cm³/mol. The Hall–Kier alpha value is -4.29. The molecule has 0 unspecified atom stereocenters. The first-order chi connectivity index (χ1) is 19.6. The molecule has 3 aromatic rings. The van der Waals surface area contributed by atoms with Gasteiger partial charge in [-0.25, -0.2) is 23.8 Å². The lowest BCUT2D eigenvalue weighted by Crippen LogP contribution is -2.25. The van der Waals surface area contributed by atoms with Crippen molar-refractivity contribution in [2.75, 3.05) is 43.1 Å². The molecule has 1 aliphatic rings. The lowest BCUT2D eigenvalue weighted by atomic mass is 10.0. The van der Waals surface area contributed by atoms with Crippen LogP contribution in [0.25, 0.3) is 0 Å². The lowest BCUT2D eigenvalue weighted by Gasteiger charge is -2.24. The Kier molecular flexibility index (Phi) is 9.35. The van der Waals surface area contributed by atoms with E-state index in [-0.39, 0.29) is 5.60 Å². The van der Waals surface area contributed by atoms with E-state index in [0.717, 1.165) is 12.1 Å². The van der Waals surface area contributed by atoms with E-state index in [1.807, 2.05) is 13.8 Å². The van der Waals surface area contributed by atoms with E-state index in [9.17, 15) is 13.6 Å². The third-order valence-corrected chi connectivity index (χ3v) is 6.57. The number of amides is 1. The van der Waals surface area contributed by atoms with Crippen molar-refractivity contribution in [2.45, 2.75) is 38.3 Å². The number of anilines is 4.